The number of rotatable bonds is 3. The van der Waals surface area contributed by atoms with Crippen LogP contribution in [0.1, 0.15) is 5.56 Å². The third-order valence-corrected chi connectivity index (χ3v) is 4.19. The molecule has 2 aromatic carbocycles. The van der Waals surface area contributed by atoms with Crippen molar-refractivity contribution in [2.24, 2.45) is 0 Å². The third kappa shape index (κ3) is 2.23. The van der Waals surface area contributed by atoms with Gasteiger partial charge in [-0.3, -0.25) is 0 Å². The number of methoxy groups -OCH3 is 1. The summed E-state index contributed by atoms with van der Waals surface area (Å²) >= 11 is 6.00. The van der Waals surface area contributed by atoms with Crippen LogP contribution in [0.4, 0.5) is 5.95 Å². The van der Waals surface area contributed by atoms with E-state index < -0.39 is 0 Å². The van der Waals surface area contributed by atoms with Crippen molar-refractivity contribution >= 4 is 34.1 Å². The zero-order valence-corrected chi connectivity index (χ0v) is 13.7. The van der Waals surface area contributed by atoms with Crippen LogP contribution in [0.3, 0.4) is 0 Å². The summed E-state index contributed by atoms with van der Waals surface area (Å²) in [4.78, 5) is 9.09. The Balaban J connectivity index is 1.97. The van der Waals surface area contributed by atoms with Gasteiger partial charge < -0.3 is 10.5 Å². The van der Waals surface area contributed by atoms with Crippen molar-refractivity contribution < 1.29 is 4.74 Å². The average Bonchev–Trinajstić information content (AvgIpc) is 3.08. The fourth-order valence-electron chi connectivity index (χ4n) is 2.68. The van der Waals surface area contributed by atoms with Gasteiger partial charge in [-0.1, -0.05) is 12.1 Å². The van der Waals surface area contributed by atoms with E-state index in [-0.39, 0.29) is 5.95 Å². The normalized spacial score (nSPS) is 11.2. The van der Waals surface area contributed by atoms with Gasteiger partial charge in [0.15, 0.2) is 11.5 Å². The van der Waals surface area contributed by atoms with Gasteiger partial charge in [0.1, 0.15) is 5.75 Å². The smallest absolute Gasteiger partial charge is 0.223 e. The highest BCUT2D eigenvalue weighted by molar-refractivity contribution is 6.18. The average molecular weight is 340 g/mol. The summed E-state index contributed by atoms with van der Waals surface area (Å²) in [5, 5.41) is 5.36. The highest BCUT2D eigenvalue weighted by atomic mass is 35.5. The van der Waals surface area contributed by atoms with Gasteiger partial charge in [0.2, 0.25) is 5.95 Å². The van der Waals surface area contributed by atoms with Crippen LogP contribution >= 0.6 is 11.6 Å². The number of ether oxygens (including phenoxy) is 1. The molecule has 4 rings (SSSR count). The summed E-state index contributed by atoms with van der Waals surface area (Å²) in [5.41, 5.74) is 9.28. The summed E-state index contributed by atoms with van der Waals surface area (Å²) in [6, 6.07) is 13.4. The molecule has 2 heterocycles. The molecule has 0 aliphatic carbocycles. The largest absolute Gasteiger partial charge is 0.497 e. The Hall–Kier alpha value is -2.86. The number of hydrogen-bond acceptors (Lipinski definition) is 5. The zero-order chi connectivity index (χ0) is 16.7. The predicted molar refractivity (Wildman–Crippen MR) is 94.2 cm³/mol. The number of para-hydroxylation sites is 1. The molecule has 0 radical (unpaired) electrons. The van der Waals surface area contributed by atoms with Crippen LogP contribution in [0.25, 0.3) is 27.9 Å². The Morgan fingerprint density at radius 1 is 1.12 bits per heavy atom. The van der Waals surface area contributed by atoms with Crippen LogP contribution in [0, 0.1) is 0 Å². The highest BCUT2D eigenvalue weighted by Gasteiger charge is 2.14. The Morgan fingerprint density at radius 2 is 1.92 bits per heavy atom. The van der Waals surface area contributed by atoms with Gasteiger partial charge in [-0.25, -0.2) is 9.97 Å². The molecule has 0 aliphatic heterocycles. The van der Waals surface area contributed by atoms with E-state index in [2.05, 4.69) is 15.1 Å². The second kappa shape index (κ2) is 5.65. The van der Waals surface area contributed by atoms with Gasteiger partial charge in [-0.2, -0.15) is 4.52 Å². The molecule has 4 aromatic rings. The molecule has 0 aliphatic rings. The zero-order valence-electron chi connectivity index (χ0n) is 12.9. The van der Waals surface area contributed by atoms with Crippen LogP contribution < -0.4 is 10.5 Å². The van der Waals surface area contributed by atoms with E-state index in [1.54, 1.807) is 11.6 Å². The lowest BCUT2D eigenvalue weighted by Gasteiger charge is -2.05. The van der Waals surface area contributed by atoms with Crippen molar-refractivity contribution in [1.29, 1.82) is 0 Å². The first-order valence-electron chi connectivity index (χ1n) is 7.35. The van der Waals surface area contributed by atoms with Crippen molar-refractivity contribution in [1.82, 2.24) is 19.6 Å². The van der Waals surface area contributed by atoms with Gasteiger partial charge >= 0.3 is 0 Å². The van der Waals surface area contributed by atoms with E-state index in [1.807, 2.05) is 42.5 Å². The highest BCUT2D eigenvalue weighted by Crippen LogP contribution is 2.26. The molecule has 24 heavy (non-hydrogen) atoms. The Bertz CT molecular complexity index is 1040. The minimum atomic E-state index is 0.280. The number of anilines is 1. The minimum absolute atomic E-state index is 0.280. The standard InChI is InChI=1S/C17H14ClN5O/c1-24-12-7-5-10(6-8-12)15-21-16-13-4-2-3-11(9-18)14(13)20-17(19)23(16)22-15/h2-8H,9H2,1H3,(H2,19,20). The second-order valence-corrected chi connectivity index (χ2v) is 5.58. The van der Waals surface area contributed by atoms with Crippen molar-refractivity contribution in [3.05, 3.63) is 48.0 Å². The lowest BCUT2D eigenvalue weighted by molar-refractivity contribution is 0.415. The van der Waals surface area contributed by atoms with Crippen LogP contribution in [0.15, 0.2) is 42.5 Å². The van der Waals surface area contributed by atoms with E-state index in [1.165, 1.54) is 0 Å². The first-order valence-corrected chi connectivity index (χ1v) is 7.89. The maximum atomic E-state index is 6.07. The molecule has 6 nitrogen and oxygen atoms in total. The minimum Gasteiger partial charge on any atom is -0.497 e. The van der Waals surface area contributed by atoms with E-state index in [4.69, 9.17) is 22.1 Å². The fraction of sp³-hybridized carbons (Fsp3) is 0.118. The monoisotopic (exact) mass is 339 g/mol. The molecule has 7 heteroatoms. The van der Waals surface area contributed by atoms with E-state index in [0.29, 0.717) is 17.4 Å². The molecule has 0 fully saturated rings. The molecule has 2 aromatic heterocycles. The topological polar surface area (TPSA) is 78.3 Å². The number of hydrogen-bond donors (Lipinski definition) is 1. The maximum absolute atomic E-state index is 6.07. The molecule has 0 saturated heterocycles. The van der Waals surface area contributed by atoms with E-state index >= 15 is 0 Å². The first-order chi connectivity index (χ1) is 11.7. The van der Waals surface area contributed by atoms with Crippen molar-refractivity contribution in [2.45, 2.75) is 5.88 Å². The summed E-state index contributed by atoms with van der Waals surface area (Å²) in [7, 11) is 1.63. The molecule has 2 N–H and O–H groups in total. The Labute approximate surface area is 142 Å². The SMILES string of the molecule is COc1ccc(-c2nc3c4cccc(CCl)c4nc(N)n3n2)cc1. The number of aromatic nitrogens is 4. The molecule has 0 saturated carbocycles. The molecular weight excluding hydrogens is 326 g/mol. The Morgan fingerprint density at radius 3 is 2.62 bits per heavy atom. The number of fused-ring (bicyclic) bond motifs is 3. The van der Waals surface area contributed by atoms with E-state index in [0.717, 1.165) is 27.8 Å². The molecule has 120 valence electrons. The molecular formula is C17H14ClN5O. The first kappa shape index (κ1) is 14.7. The van der Waals surface area contributed by atoms with E-state index in [9.17, 15) is 0 Å². The number of alkyl halides is 1. The molecule has 0 unspecified atom stereocenters. The van der Waals surface area contributed by atoms with Crippen LogP contribution in [-0.2, 0) is 5.88 Å². The van der Waals surface area contributed by atoms with Gasteiger partial charge in [0, 0.05) is 16.8 Å². The lowest BCUT2D eigenvalue weighted by Crippen LogP contribution is -2.03. The van der Waals surface area contributed by atoms with Crippen molar-refractivity contribution in [2.75, 3.05) is 12.8 Å². The number of nitrogen functional groups attached to an aromatic ring is 1. The molecule has 0 bridgehead atoms. The summed E-state index contributed by atoms with van der Waals surface area (Å²) in [5.74, 6) is 2.00. The summed E-state index contributed by atoms with van der Waals surface area (Å²) in [6.07, 6.45) is 0. The number of benzene rings is 2. The molecule has 0 spiro atoms. The van der Waals surface area contributed by atoms with Crippen LogP contribution in [0.5, 0.6) is 5.75 Å². The van der Waals surface area contributed by atoms with Crippen LogP contribution in [0.2, 0.25) is 0 Å². The fourth-order valence-corrected chi connectivity index (χ4v) is 2.90. The number of halogens is 1. The van der Waals surface area contributed by atoms with Gasteiger partial charge in [-0.05, 0) is 35.9 Å². The Kier molecular flexibility index (Phi) is 3.46. The van der Waals surface area contributed by atoms with Gasteiger partial charge in [0.05, 0.1) is 12.6 Å². The van der Waals surface area contributed by atoms with Gasteiger partial charge in [-0.15, -0.1) is 16.7 Å². The predicted octanol–water partition coefficient (Wildman–Crippen LogP) is 3.27. The third-order valence-electron chi connectivity index (χ3n) is 3.90. The summed E-state index contributed by atoms with van der Waals surface area (Å²) in [6.45, 7) is 0. The molecule has 0 amide bonds. The number of nitrogens with two attached hydrogens (primary N) is 1. The maximum Gasteiger partial charge on any atom is 0.223 e. The summed E-state index contributed by atoms with van der Waals surface area (Å²) < 4.78 is 6.73. The number of nitrogens with zero attached hydrogens (tertiary/aromatic N) is 4. The van der Waals surface area contributed by atoms with Gasteiger partial charge in [0.25, 0.3) is 0 Å². The second-order valence-electron chi connectivity index (χ2n) is 5.32. The van der Waals surface area contributed by atoms with Crippen LogP contribution in [-0.4, -0.2) is 26.7 Å². The molecule has 0 atom stereocenters. The quantitative estimate of drug-likeness (QED) is 0.579. The van der Waals surface area contributed by atoms with Crippen molar-refractivity contribution in [3.63, 3.8) is 0 Å². The van der Waals surface area contributed by atoms with Crippen molar-refractivity contribution in [3.8, 4) is 17.1 Å². The lowest BCUT2D eigenvalue weighted by atomic mass is 10.1.